The van der Waals surface area contributed by atoms with E-state index in [4.69, 9.17) is 0 Å². The number of hydrogen-bond donors (Lipinski definition) is 1. The van der Waals surface area contributed by atoms with Crippen LogP contribution in [-0.2, 0) is 13.2 Å². The molecule has 5 nitrogen and oxygen atoms in total. The van der Waals surface area contributed by atoms with Gasteiger partial charge in [0.25, 0.3) is 12.3 Å². The zero-order valence-electron chi connectivity index (χ0n) is 13.9. The smallest absolute Gasteiger partial charge is 0.346 e. The van der Waals surface area contributed by atoms with E-state index in [9.17, 15) is 26.7 Å². The number of hydrogen-bond acceptors (Lipinski definition) is 3. The first-order chi connectivity index (χ1) is 12.7. The fraction of sp³-hybridized carbons (Fsp3) is 0.235. The zero-order chi connectivity index (χ0) is 19.8. The van der Waals surface area contributed by atoms with E-state index in [0.717, 1.165) is 12.1 Å². The number of nitrogens with one attached hydrogen (secondary N) is 1. The highest BCUT2D eigenvalue weighted by Crippen LogP contribution is 2.32. The molecule has 0 unspecified atom stereocenters. The molecule has 0 bridgehead atoms. The molecule has 27 heavy (non-hydrogen) atoms. The first-order valence-corrected chi connectivity index (χ1v) is 7.73. The van der Waals surface area contributed by atoms with Gasteiger partial charge in [0.2, 0.25) is 0 Å². The van der Waals surface area contributed by atoms with Crippen molar-refractivity contribution in [1.82, 2.24) is 20.1 Å². The molecule has 0 fully saturated rings. The Kier molecular flexibility index (Phi) is 4.81. The van der Waals surface area contributed by atoms with Crippen LogP contribution < -0.4 is 5.32 Å². The average molecular weight is 384 g/mol. The van der Waals surface area contributed by atoms with E-state index >= 15 is 0 Å². The lowest BCUT2D eigenvalue weighted by atomic mass is 10.0. The van der Waals surface area contributed by atoms with Crippen LogP contribution in [0, 0.1) is 0 Å². The van der Waals surface area contributed by atoms with Crippen LogP contribution in [0.5, 0.6) is 0 Å². The minimum absolute atomic E-state index is 0.00108. The maximum atomic E-state index is 13.0. The first-order valence-electron chi connectivity index (χ1n) is 7.73. The van der Waals surface area contributed by atoms with Gasteiger partial charge in [0.1, 0.15) is 0 Å². The molecule has 0 saturated heterocycles. The summed E-state index contributed by atoms with van der Waals surface area (Å²) in [7, 11) is 1.55. The van der Waals surface area contributed by atoms with E-state index in [1.807, 2.05) is 0 Å². The van der Waals surface area contributed by atoms with Gasteiger partial charge < -0.3 is 5.32 Å². The quantitative estimate of drug-likeness (QED) is 0.699. The molecule has 0 saturated carbocycles. The van der Waals surface area contributed by atoms with E-state index in [1.54, 1.807) is 7.05 Å². The minimum Gasteiger partial charge on any atom is -0.346 e. The molecule has 1 aromatic carbocycles. The van der Waals surface area contributed by atoms with Crippen LogP contribution in [0.4, 0.5) is 22.0 Å². The van der Waals surface area contributed by atoms with Crippen molar-refractivity contribution in [3.8, 4) is 11.3 Å². The Balaban J connectivity index is 2.12. The standard InChI is InChI=1S/C17H13F5N4O/c1-26-15-12(7-24-26)11(16(27)23-8-14(18)19)6-13(25-15)9-3-2-4-10(5-9)17(20,21)22/h2-7,14H,8H2,1H3,(H,23,27). The normalized spacial score (nSPS) is 12.0. The summed E-state index contributed by atoms with van der Waals surface area (Å²) in [6.07, 6.45) is -5.93. The second-order valence-electron chi connectivity index (χ2n) is 5.74. The summed E-state index contributed by atoms with van der Waals surface area (Å²) in [5.74, 6) is -0.788. The summed E-state index contributed by atoms with van der Waals surface area (Å²) in [6, 6.07) is 5.73. The molecule has 10 heteroatoms. The number of carbonyl (C=O) groups is 1. The number of carbonyl (C=O) groups excluding carboxylic acids is 1. The number of pyridine rings is 1. The lowest BCUT2D eigenvalue weighted by Gasteiger charge is -2.11. The zero-order valence-corrected chi connectivity index (χ0v) is 13.9. The Hall–Kier alpha value is -3.04. The molecule has 1 amide bonds. The summed E-state index contributed by atoms with van der Waals surface area (Å²) in [5.41, 5.74) is -0.390. The fourth-order valence-corrected chi connectivity index (χ4v) is 2.57. The molecule has 3 aromatic rings. The van der Waals surface area contributed by atoms with Gasteiger partial charge >= 0.3 is 6.18 Å². The maximum Gasteiger partial charge on any atom is 0.416 e. The van der Waals surface area contributed by atoms with E-state index in [0.29, 0.717) is 5.39 Å². The molecule has 0 spiro atoms. The topological polar surface area (TPSA) is 59.8 Å². The largest absolute Gasteiger partial charge is 0.416 e. The number of benzene rings is 1. The van der Waals surface area contributed by atoms with Crippen molar-refractivity contribution in [3.63, 3.8) is 0 Å². The Morgan fingerprint density at radius 3 is 2.67 bits per heavy atom. The predicted molar refractivity (Wildman–Crippen MR) is 87.3 cm³/mol. The van der Waals surface area contributed by atoms with Crippen molar-refractivity contribution in [3.05, 3.63) is 47.7 Å². The molecule has 142 valence electrons. The van der Waals surface area contributed by atoms with Gasteiger partial charge in [-0.3, -0.25) is 9.48 Å². The van der Waals surface area contributed by atoms with E-state index in [1.165, 1.54) is 29.1 Å². The molecule has 0 aliphatic heterocycles. The van der Waals surface area contributed by atoms with Crippen molar-refractivity contribution >= 4 is 16.9 Å². The summed E-state index contributed by atoms with van der Waals surface area (Å²) in [4.78, 5) is 16.6. The number of amides is 1. The van der Waals surface area contributed by atoms with Crippen LogP contribution in [0.25, 0.3) is 22.3 Å². The molecule has 1 N–H and O–H groups in total. The molecule has 3 rings (SSSR count). The Morgan fingerprint density at radius 1 is 1.26 bits per heavy atom. The monoisotopic (exact) mass is 384 g/mol. The van der Waals surface area contributed by atoms with Crippen molar-refractivity contribution in [1.29, 1.82) is 0 Å². The van der Waals surface area contributed by atoms with E-state index < -0.39 is 30.6 Å². The highest BCUT2D eigenvalue weighted by molar-refractivity contribution is 6.06. The SMILES string of the molecule is Cn1ncc2c(C(=O)NCC(F)F)cc(-c3cccc(C(F)(F)F)c3)nc21. The van der Waals surface area contributed by atoms with E-state index in [-0.39, 0.29) is 22.5 Å². The number of halogens is 5. The van der Waals surface area contributed by atoms with Gasteiger partial charge in [0, 0.05) is 12.6 Å². The Morgan fingerprint density at radius 2 is 2.00 bits per heavy atom. The number of fused-ring (bicyclic) bond motifs is 1. The number of alkyl halides is 5. The second kappa shape index (κ2) is 6.93. The number of nitrogens with zero attached hydrogens (tertiary/aromatic N) is 3. The minimum atomic E-state index is -4.54. The highest BCUT2D eigenvalue weighted by atomic mass is 19.4. The maximum absolute atomic E-state index is 13.0. The molecule has 2 heterocycles. The van der Waals surface area contributed by atoms with Crippen LogP contribution in [0.3, 0.4) is 0 Å². The van der Waals surface area contributed by atoms with Crippen molar-refractivity contribution < 1.29 is 26.7 Å². The number of aromatic nitrogens is 3. The van der Waals surface area contributed by atoms with Gasteiger partial charge in [-0.05, 0) is 18.2 Å². The third-order valence-corrected chi connectivity index (χ3v) is 3.85. The number of aryl methyl sites for hydroxylation is 1. The van der Waals surface area contributed by atoms with Gasteiger partial charge in [-0.15, -0.1) is 0 Å². The Bertz CT molecular complexity index is 997. The van der Waals surface area contributed by atoms with E-state index in [2.05, 4.69) is 15.4 Å². The molecule has 0 radical (unpaired) electrons. The molecule has 0 aliphatic rings. The third-order valence-electron chi connectivity index (χ3n) is 3.85. The average Bonchev–Trinajstić information content (AvgIpc) is 2.99. The first kappa shape index (κ1) is 18.7. The number of rotatable bonds is 4. The lowest BCUT2D eigenvalue weighted by molar-refractivity contribution is -0.137. The summed E-state index contributed by atoms with van der Waals surface area (Å²) in [5, 5.41) is 6.36. The molecule has 0 atom stereocenters. The third kappa shape index (κ3) is 3.88. The summed E-state index contributed by atoms with van der Waals surface area (Å²) in [6.45, 7) is -0.845. The van der Waals surface area contributed by atoms with Crippen molar-refractivity contribution in [2.75, 3.05) is 6.54 Å². The molecule has 2 aromatic heterocycles. The van der Waals surface area contributed by atoms with Gasteiger partial charge in [0.05, 0.1) is 34.9 Å². The Labute approximate surface area is 149 Å². The molecular weight excluding hydrogens is 371 g/mol. The van der Waals surface area contributed by atoms with Gasteiger partial charge in [-0.25, -0.2) is 13.8 Å². The fourth-order valence-electron chi connectivity index (χ4n) is 2.57. The van der Waals surface area contributed by atoms with Gasteiger partial charge in [-0.2, -0.15) is 18.3 Å². The summed E-state index contributed by atoms with van der Waals surface area (Å²) >= 11 is 0. The second-order valence-corrected chi connectivity index (χ2v) is 5.74. The van der Waals surface area contributed by atoms with Crippen LogP contribution in [0.1, 0.15) is 15.9 Å². The van der Waals surface area contributed by atoms with Crippen LogP contribution in [0.2, 0.25) is 0 Å². The predicted octanol–water partition coefficient (Wildman–Crippen LogP) is 3.65. The molecular formula is C17H13F5N4O. The van der Waals surface area contributed by atoms with Gasteiger partial charge in [0.15, 0.2) is 5.65 Å². The highest BCUT2D eigenvalue weighted by Gasteiger charge is 2.30. The van der Waals surface area contributed by atoms with Crippen molar-refractivity contribution in [2.24, 2.45) is 7.05 Å². The van der Waals surface area contributed by atoms with Crippen LogP contribution in [-0.4, -0.2) is 33.6 Å². The van der Waals surface area contributed by atoms with Crippen LogP contribution >= 0.6 is 0 Å². The molecule has 0 aliphatic carbocycles. The lowest BCUT2D eigenvalue weighted by Crippen LogP contribution is -2.28. The van der Waals surface area contributed by atoms with Crippen molar-refractivity contribution in [2.45, 2.75) is 12.6 Å². The summed E-state index contributed by atoms with van der Waals surface area (Å²) < 4.78 is 65.0. The van der Waals surface area contributed by atoms with Gasteiger partial charge in [-0.1, -0.05) is 12.1 Å². The van der Waals surface area contributed by atoms with Crippen LogP contribution in [0.15, 0.2) is 36.5 Å².